The minimum atomic E-state index is -0.269. The molecule has 0 fully saturated rings. The van der Waals surface area contributed by atoms with Gasteiger partial charge >= 0.3 is 0 Å². The maximum atomic E-state index is 12.7. The van der Waals surface area contributed by atoms with Gasteiger partial charge in [-0.3, -0.25) is 0 Å². The van der Waals surface area contributed by atoms with E-state index in [1.54, 1.807) is 24.4 Å². The van der Waals surface area contributed by atoms with Gasteiger partial charge in [0.15, 0.2) is 0 Å². The molecule has 0 aliphatic heterocycles. The predicted molar refractivity (Wildman–Crippen MR) is 62.3 cm³/mol. The summed E-state index contributed by atoms with van der Waals surface area (Å²) in [6.45, 7) is 0. The summed E-state index contributed by atoms with van der Waals surface area (Å²) in [7, 11) is 0. The first kappa shape index (κ1) is 10.6. The molecular formula is C11H6BrClFN. The van der Waals surface area contributed by atoms with Gasteiger partial charge in [-0.25, -0.2) is 9.37 Å². The van der Waals surface area contributed by atoms with Crippen LogP contribution in [-0.2, 0) is 0 Å². The number of hydrogen-bond donors (Lipinski definition) is 0. The van der Waals surface area contributed by atoms with E-state index in [-0.39, 0.29) is 5.82 Å². The lowest BCUT2D eigenvalue weighted by Gasteiger charge is -2.05. The van der Waals surface area contributed by atoms with Crippen molar-refractivity contribution >= 4 is 27.5 Å². The molecule has 0 aliphatic rings. The molecule has 1 aromatic carbocycles. The van der Waals surface area contributed by atoms with Gasteiger partial charge in [-0.1, -0.05) is 23.7 Å². The van der Waals surface area contributed by atoms with Gasteiger partial charge in [0.25, 0.3) is 0 Å². The summed E-state index contributed by atoms with van der Waals surface area (Å²) in [6.07, 6.45) is 1.61. The first-order valence-corrected chi connectivity index (χ1v) is 5.41. The quantitative estimate of drug-likeness (QED) is 0.712. The number of pyridine rings is 1. The Morgan fingerprint density at radius 2 is 1.80 bits per heavy atom. The van der Waals surface area contributed by atoms with E-state index < -0.39 is 0 Å². The molecule has 76 valence electrons. The molecule has 0 bridgehead atoms. The standard InChI is InChI=1S/C11H6BrClFN/c12-9-5-6-15-11(13)10(9)7-1-3-8(14)4-2-7/h1-6H. The molecule has 0 amide bonds. The first-order valence-electron chi connectivity index (χ1n) is 4.24. The van der Waals surface area contributed by atoms with Crippen LogP contribution in [-0.4, -0.2) is 4.98 Å². The molecule has 1 aromatic heterocycles. The molecule has 0 radical (unpaired) electrons. The molecular weight excluding hydrogens is 280 g/mol. The maximum Gasteiger partial charge on any atom is 0.137 e. The molecule has 2 aromatic rings. The van der Waals surface area contributed by atoms with Gasteiger partial charge in [-0.2, -0.15) is 0 Å². The van der Waals surface area contributed by atoms with Crippen LogP contribution in [0.2, 0.25) is 5.15 Å². The van der Waals surface area contributed by atoms with Gasteiger partial charge < -0.3 is 0 Å². The summed E-state index contributed by atoms with van der Waals surface area (Å²) >= 11 is 9.35. The molecule has 0 saturated carbocycles. The van der Waals surface area contributed by atoms with Crippen molar-refractivity contribution in [2.75, 3.05) is 0 Å². The zero-order valence-electron chi connectivity index (χ0n) is 7.55. The molecule has 0 saturated heterocycles. The highest BCUT2D eigenvalue weighted by Crippen LogP contribution is 2.33. The topological polar surface area (TPSA) is 12.9 Å². The Kier molecular flexibility index (Phi) is 3.03. The first-order chi connectivity index (χ1) is 7.18. The zero-order valence-corrected chi connectivity index (χ0v) is 9.89. The second-order valence-corrected chi connectivity index (χ2v) is 4.18. The summed E-state index contributed by atoms with van der Waals surface area (Å²) in [6, 6.07) is 7.92. The third-order valence-corrected chi connectivity index (χ3v) is 2.93. The third-order valence-electron chi connectivity index (χ3n) is 1.99. The van der Waals surface area contributed by atoms with Crippen LogP contribution in [0.25, 0.3) is 11.1 Å². The highest BCUT2D eigenvalue weighted by molar-refractivity contribution is 9.10. The second-order valence-electron chi connectivity index (χ2n) is 2.97. The van der Waals surface area contributed by atoms with E-state index in [2.05, 4.69) is 20.9 Å². The summed E-state index contributed by atoms with van der Waals surface area (Å²) < 4.78 is 13.6. The fraction of sp³-hybridized carbons (Fsp3) is 0. The number of benzene rings is 1. The number of halogens is 3. The van der Waals surface area contributed by atoms with E-state index in [9.17, 15) is 4.39 Å². The number of rotatable bonds is 1. The number of hydrogen-bond acceptors (Lipinski definition) is 1. The molecule has 0 aliphatic carbocycles. The van der Waals surface area contributed by atoms with Gasteiger partial charge in [0, 0.05) is 16.2 Å². The van der Waals surface area contributed by atoms with Crippen LogP contribution in [0.15, 0.2) is 41.0 Å². The molecule has 15 heavy (non-hydrogen) atoms. The molecule has 1 nitrogen and oxygen atoms in total. The minimum absolute atomic E-state index is 0.269. The van der Waals surface area contributed by atoms with Crippen molar-refractivity contribution in [3.63, 3.8) is 0 Å². The summed E-state index contributed by atoms with van der Waals surface area (Å²) in [5, 5.41) is 0.399. The lowest BCUT2D eigenvalue weighted by Crippen LogP contribution is -1.85. The maximum absolute atomic E-state index is 12.7. The molecule has 0 atom stereocenters. The molecule has 0 unspecified atom stereocenters. The Labute approximate surface area is 100 Å². The van der Waals surface area contributed by atoms with Crippen molar-refractivity contribution in [2.24, 2.45) is 0 Å². The largest absolute Gasteiger partial charge is 0.244 e. The fourth-order valence-electron chi connectivity index (χ4n) is 1.29. The average Bonchev–Trinajstić information content (AvgIpc) is 2.20. The Morgan fingerprint density at radius 3 is 2.40 bits per heavy atom. The molecule has 1 heterocycles. The highest BCUT2D eigenvalue weighted by Gasteiger charge is 2.08. The van der Waals surface area contributed by atoms with Crippen LogP contribution < -0.4 is 0 Å². The van der Waals surface area contributed by atoms with Gasteiger partial charge in [0.1, 0.15) is 11.0 Å². The smallest absolute Gasteiger partial charge is 0.137 e. The van der Waals surface area contributed by atoms with Crippen molar-refractivity contribution < 1.29 is 4.39 Å². The third kappa shape index (κ3) is 2.19. The molecule has 2 rings (SSSR count). The van der Waals surface area contributed by atoms with Crippen LogP contribution in [0.5, 0.6) is 0 Å². The number of aromatic nitrogens is 1. The van der Waals surface area contributed by atoms with Gasteiger partial charge in [0.05, 0.1) is 0 Å². The van der Waals surface area contributed by atoms with E-state index in [1.165, 1.54) is 12.1 Å². The van der Waals surface area contributed by atoms with Crippen LogP contribution in [0.4, 0.5) is 4.39 Å². The van der Waals surface area contributed by atoms with E-state index >= 15 is 0 Å². The number of nitrogens with zero attached hydrogens (tertiary/aromatic N) is 1. The van der Waals surface area contributed by atoms with Crippen molar-refractivity contribution in [3.05, 3.63) is 52.0 Å². The predicted octanol–water partition coefficient (Wildman–Crippen LogP) is 4.30. The highest BCUT2D eigenvalue weighted by atomic mass is 79.9. The van der Waals surface area contributed by atoms with Crippen molar-refractivity contribution in [2.45, 2.75) is 0 Å². The van der Waals surface area contributed by atoms with Crippen LogP contribution in [0.3, 0.4) is 0 Å². The molecule has 0 N–H and O–H groups in total. The van der Waals surface area contributed by atoms with Crippen molar-refractivity contribution in [3.8, 4) is 11.1 Å². The Bertz CT molecular complexity index is 464. The summed E-state index contributed by atoms with van der Waals surface area (Å²) in [4.78, 5) is 3.98. The monoisotopic (exact) mass is 285 g/mol. The van der Waals surface area contributed by atoms with Gasteiger partial charge in [-0.15, -0.1) is 0 Å². The average molecular weight is 287 g/mol. The van der Waals surface area contributed by atoms with Crippen molar-refractivity contribution in [1.82, 2.24) is 4.98 Å². The van der Waals surface area contributed by atoms with Crippen LogP contribution >= 0.6 is 27.5 Å². The Hall–Kier alpha value is -0.930. The Morgan fingerprint density at radius 1 is 1.13 bits per heavy atom. The fourth-order valence-corrected chi connectivity index (χ4v) is 2.20. The molecule has 4 heteroatoms. The van der Waals surface area contributed by atoms with Gasteiger partial charge in [-0.05, 0) is 39.7 Å². The Balaban J connectivity index is 2.58. The van der Waals surface area contributed by atoms with Gasteiger partial charge in [0.2, 0.25) is 0 Å². The molecule has 0 spiro atoms. The lowest BCUT2D eigenvalue weighted by molar-refractivity contribution is 0.628. The SMILES string of the molecule is Fc1ccc(-c2c(Br)ccnc2Cl)cc1. The lowest BCUT2D eigenvalue weighted by atomic mass is 10.1. The van der Waals surface area contributed by atoms with E-state index in [4.69, 9.17) is 11.6 Å². The second kappa shape index (κ2) is 4.29. The normalized spacial score (nSPS) is 10.3. The summed E-state index contributed by atoms with van der Waals surface area (Å²) in [5.41, 5.74) is 1.61. The van der Waals surface area contributed by atoms with E-state index in [1.807, 2.05) is 0 Å². The van der Waals surface area contributed by atoms with Crippen molar-refractivity contribution in [1.29, 1.82) is 0 Å². The summed E-state index contributed by atoms with van der Waals surface area (Å²) in [5.74, 6) is -0.269. The van der Waals surface area contributed by atoms with E-state index in [0.717, 1.165) is 15.6 Å². The van der Waals surface area contributed by atoms with E-state index in [0.29, 0.717) is 5.15 Å². The minimum Gasteiger partial charge on any atom is -0.244 e. The zero-order chi connectivity index (χ0) is 10.8. The van der Waals surface area contributed by atoms with Crippen LogP contribution in [0.1, 0.15) is 0 Å². The van der Waals surface area contributed by atoms with Crippen LogP contribution in [0, 0.1) is 5.82 Å².